The number of ether oxygens (including phenoxy) is 2. The number of hydrogen-bond acceptors (Lipinski definition) is 6. The second-order valence-corrected chi connectivity index (χ2v) is 6.07. The molecule has 142 valence electrons. The van der Waals surface area contributed by atoms with E-state index in [1.165, 1.54) is 0 Å². The largest absolute Gasteiger partial charge is 0.493 e. The summed E-state index contributed by atoms with van der Waals surface area (Å²) in [4.78, 5) is 19.7. The van der Waals surface area contributed by atoms with E-state index in [2.05, 4.69) is 20.4 Å². The summed E-state index contributed by atoms with van der Waals surface area (Å²) in [6.07, 6.45) is 1.86. The van der Waals surface area contributed by atoms with Crippen molar-refractivity contribution in [1.82, 2.24) is 20.4 Å². The van der Waals surface area contributed by atoms with Crippen molar-refractivity contribution in [1.29, 1.82) is 0 Å². The Balaban J connectivity index is 1.46. The Morgan fingerprint density at radius 1 is 1.11 bits per heavy atom. The van der Waals surface area contributed by atoms with Gasteiger partial charge >= 0.3 is 11.8 Å². The van der Waals surface area contributed by atoms with E-state index >= 15 is 0 Å². The molecule has 0 fully saturated rings. The SMILES string of the molecule is COc1ccc(CNC(=O)c2nc(-c3ccc4[nH]ccc4c3)no2)cc1OC. The molecule has 0 saturated heterocycles. The van der Waals surface area contributed by atoms with Crippen molar-refractivity contribution in [2.24, 2.45) is 0 Å². The normalized spacial score (nSPS) is 10.8. The molecule has 0 aliphatic heterocycles. The number of methoxy groups -OCH3 is 2. The maximum Gasteiger partial charge on any atom is 0.316 e. The molecular formula is C20H18N4O4. The summed E-state index contributed by atoms with van der Waals surface area (Å²) in [5.41, 5.74) is 2.64. The molecule has 0 spiro atoms. The lowest BCUT2D eigenvalue weighted by Crippen LogP contribution is -2.23. The number of carbonyl (C=O) groups is 1. The summed E-state index contributed by atoms with van der Waals surface area (Å²) in [6.45, 7) is 0.284. The second kappa shape index (κ2) is 7.43. The molecule has 0 aliphatic rings. The van der Waals surface area contributed by atoms with Gasteiger partial charge in [0, 0.05) is 29.2 Å². The maximum atomic E-state index is 12.3. The number of aromatic nitrogens is 3. The number of nitrogens with one attached hydrogen (secondary N) is 2. The third kappa shape index (κ3) is 3.39. The van der Waals surface area contributed by atoms with E-state index in [0.717, 1.165) is 22.0 Å². The topological polar surface area (TPSA) is 102 Å². The second-order valence-electron chi connectivity index (χ2n) is 6.07. The molecule has 0 atom stereocenters. The van der Waals surface area contributed by atoms with Gasteiger partial charge in [-0.15, -0.1) is 0 Å². The molecule has 0 unspecified atom stereocenters. The molecule has 0 saturated carbocycles. The number of rotatable bonds is 6. The number of carbonyl (C=O) groups excluding carboxylic acids is 1. The first kappa shape index (κ1) is 17.6. The number of amides is 1. The van der Waals surface area contributed by atoms with Gasteiger partial charge < -0.3 is 24.3 Å². The van der Waals surface area contributed by atoms with Crippen molar-refractivity contribution in [3.63, 3.8) is 0 Å². The zero-order valence-electron chi connectivity index (χ0n) is 15.4. The quantitative estimate of drug-likeness (QED) is 0.534. The lowest BCUT2D eigenvalue weighted by atomic mass is 10.1. The zero-order valence-corrected chi connectivity index (χ0v) is 15.4. The number of hydrogen-bond donors (Lipinski definition) is 2. The van der Waals surface area contributed by atoms with Gasteiger partial charge in [-0.1, -0.05) is 11.2 Å². The van der Waals surface area contributed by atoms with Crippen LogP contribution < -0.4 is 14.8 Å². The van der Waals surface area contributed by atoms with Crippen LogP contribution in [-0.4, -0.2) is 35.3 Å². The fourth-order valence-corrected chi connectivity index (χ4v) is 2.87. The monoisotopic (exact) mass is 378 g/mol. The molecule has 8 heteroatoms. The molecule has 0 radical (unpaired) electrons. The van der Waals surface area contributed by atoms with Crippen LogP contribution in [-0.2, 0) is 6.54 Å². The van der Waals surface area contributed by atoms with E-state index in [0.29, 0.717) is 17.3 Å². The van der Waals surface area contributed by atoms with E-state index in [9.17, 15) is 4.79 Å². The van der Waals surface area contributed by atoms with E-state index < -0.39 is 5.91 Å². The van der Waals surface area contributed by atoms with Crippen molar-refractivity contribution in [2.75, 3.05) is 14.2 Å². The average molecular weight is 378 g/mol. The van der Waals surface area contributed by atoms with Crippen LogP contribution in [0.4, 0.5) is 0 Å². The minimum absolute atomic E-state index is 0.0929. The fourth-order valence-electron chi connectivity index (χ4n) is 2.87. The molecule has 2 heterocycles. The van der Waals surface area contributed by atoms with Crippen molar-refractivity contribution < 1.29 is 18.8 Å². The minimum atomic E-state index is -0.448. The molecule has 4 rings (SSSR count). The van der Waals surface area contributed by atoms with Gasteiger partial charge in [0.15, 0.2) is 11.5 Å². The Morgan fingerprint density at radius 2 is 1.96 bits per heavy atom. The smallest absolute Gasteiger partial charge is 0.316 e. The molecule has 2 aromatic heterocycles. The van der Waals surface area contributed by atoms with Crippen LogP contribution in [0, 0.1) is 0 Å². The van der Waals surface area contributed by atoms with Crippen LogP contribution in [0.1, 0.15) is 16.2 Å². The van der Waals surface area contributed by atoms with E-state index in [1.807, 2.05) is 36.5 Å². The van der Waals surface area contributed by atoms with Crippen LogP contribution in [0.3, 0.4) is 0 Å². The number of benzene rings is 2. The number of nitrogens with zero attached hydrogens (tertiary/aromatic N) is 2. The Morgan fingerprint density at radius 3 is 2.79 bits per heavy atom. The van der Waals surface area contributed by atoms with Crippen LogP contribution in [0.15, 0.2) is 53.2 Å². The van der Waals surface area contributed by atoms with Gasteiger partial charge in [0.1, 0.15) is 0 Å². The Kier molecular flexibility index (Phi) is 4.67. The van der Waals surface area contributed by atoms with Gasteiger partial charge in [-0.3, -0.25) is 4.79 Å². The first-order chi connectivity index (χ1) is 13.7. The van der Waals surface area contributed by atoms with Crippen LogP contribution >= 0.6 is 0 Å². The van der Waals surface area contributed by atoms with E-state index in [-0.39, 0.29) is 12.4 Å². The first-order valence-electron chi connectivity index (χ1n) is 8.58. The van der Waals surface area contributed by atoms with Crippen molar-refractivity contribution in [3.8, 4) is 22.9 Å². The third-order valence-corrected chi connectivity index (χ3v) is 4.33. The Bertz CT molecular complexity index is 1130. The number of H-pyrrole nitrogens is 1. The van der Waals surface area contributed by atoms with Gasteiger partial charge in [0.25, 0.3) is 0 Å². The predicted molar refractivity (Wildman–Crippen MR) is 102 cm³/mol. The van der Waals surface area contributed by atoms with Crippen molar-refractivity contribution >= 4 is 16.8 Å². The van der Waals surface area contributed by atoms with Gasteiger partial charge in [-0.25, -0.2) is 0 Å². The highest BCUT2D eigenvalue weighted by atomic mass is 16.5. The van der Waals surface area contributed by atoms with Gasteiger partial charge in [-0.2, -0.15) is 4.98 Å². The lowest BCUT2D eigenvalue weighted by Gasteiger charge is -2.09. The van der Waals surface area contributed by atoms with Crippen LogP contribution in [0.2, 0.25) is 0 Å². The summed E-state index contributed by atoms with van der Waals surface area (Å²) in [6, 6.07) is 13.1. The third-order valence-electron chi connectivity index (χ3n) is 4.33. The molecule has 0 aliphatic carbocycles. The lowest BCUT2D eigenvalue weighted by molar-refractivity contribution is 0.0907. The molecule has 8 nitrogen and oxygen atoms in total. The highest BCUT2D eigenvalue weighted by molar-refractivity contribution is 5.90. The van der Waals surface area contributed by atoms with Crippen molar-refractivity contribution in [3.05, 3.63) is 60.1 Å². The highest BCUT2D eigenvalue weighted by Crippen LogP contribution is 2.27. The van der Waals surface area contributed by atoms with E-state index in [1.54, 1.807) is 26.4 Å². The molecule has 2 N–H and O–H groups in total. The van der Waals surface area contributed by atoms with Crippen LogP contribution in [0.5, 0.6) is 11.5 Å². The molecule has 2 aromatic carbocycles. The summed E-state index contributed by atoms with van der Waals surface area (Å²) >= 11 is 0. The Labute approximate surface area is 160 Å². The van der Waals surface area contributed by atoms with Gasteiger partial charge in [-0.05, 0) is 42.0 Å². The maximum absolute atomic E-state index is 12.3. The van der Waals surface area contributed by atoms with Crippen molar-refractivity contribution in [2.45, 2.75) is 6.54 Å². The number of fused-ring (bicyclic) bond motifs is 1. The first-order valence-corrected chi connectivity index (χ1v) is 8.58. The van der Waals surface area contributed by atoms with Gasteiger partial charge in [0.2, 0.25) is 5.82 Å². The average Bonchev–Trinajstić information content (AvgIpc) is 3.40. The molecule has 28 heavy (non-hydrogen) atoms. The summed E-state index contributed by atoms with van der Waals surface area (Å²) < 4.78 is 15.6. The van der Waals surface area contributed by atoms with Crippen LogP contribution in [0.25, 0.3) is 22.3 Å². The highest BCUT2D eigenvalue weighted by Gasteiger charge is 2.16. The minimum Gasteiger partial charge on any atom is -0.493 e. The summed E-state index contributed by atoms with van der Waals surface area (Å²) in [5, 5.41) is 7.70. The molecule has 0 bridgehead atoms. The summed E-state index contributed by atoms with van der Waals surface area (Å²) in [5.74, 6) is 1.04. The molecular weight excluding hydrogens is 360 g/mol. The molecule has 1 amide bonds. The van der Waals surface area contributed by atoms with E-state index in [4.69, 9.17) is 14.0 Å². The zero-order chi connectivity index (χ0) is 19.5. The number of aromatic amines is 1. The molecule has 4 aromatic rings. The standard InChI is InChI=1S/C20H18N4O4/c1-26-16-6-3-12(9-17(16)27-2)11-22-19(25)20-23-18(24-28-20)14-4-5-15-13(10-14)7-8-21-15/h3-10,21H,11H2,1-2H3,(H,22,25). The van der Waals surface area contributed by atoms with Gasteiger partial charge in [0.05, 0.1) is 14.2 Å². The predicted octanol–water partition coefficient (Wildman–Crippen LogP) is 3.17. The Hall–Kier alpha value is -3.81. The fraction of sp³-hybridized carbons (Fsp3) is 0.150. The summed E-state index contributed by atoms with van der Waals surface area (Å²) in [7, 11) is 3.13.